The lowest BCUT2D eigenvalue weighted by atomic mass is 10.2. The van der Waals surface area contributed by atoms with Gasteiger partial charge in [0.05, 0.1) is 18.3 Å². The Labute approximate surface area is 99.0 Å². The predicted octanol–water partition coefficient (Wildman–Crippen LogP) is 1.03. The molecular formula is C11H15N5O. The highest BCUT2D eigenvalue weighted by atomic mass is 16.5. The molecule has 2 aromatic heterocycles. The maximum absolute atomic E-state index is 5.24. The van der Waals surface area contributed by atoms with Crippen LogP contribution in [0, 0.1) is 6.92 Å². The molecule has 0 amide bonds. The topological polar surface area (TPSA) is 68.8 Å². The van der Waals surface area contributed by atoms with Crippen LogP contribution in [0.5, 0.6) is 0 Å². The summed E-state index contributed by atoms with van der Waals surface area (Å²) in [5, 5.41) is 11.5. The standard InChI is InChI=1S/C11H15N5O/c1-7-9(5-13-16(7)2)11-14-10(15-17-11)6-12-8-3-4-8/h5,8,12H,3-4,6H2,1-2H3. The lowest BCUT2D eigenvalue weighted by Crippen LogP contribution is -2.16. The largest absolute Gasteiger partial charge is 0.334 e. The summed E-state index contributed by atoms with van der Waals surface area (Å²) in [6, 6.07) is 0.650. The lowest BCUT2D eigenvalue weighted by molar-refractivity contribution is 0.419. The molecule has 0 aromatic carbocycles. The van der Waals surface area contributed by atoms with Crippen molar-refractivity contribution in [3.63, 3.8) is 0 Å². The van der Waals surface area contributed by atoms with Gasteiger partial charge in [-0.15, -0.1) is 0 Å². The third kappa shape index (κ3) is 2.08. The van der Waals surface area contributed by atoms with Crippen LogP contribution in [0.4, 0.5) is 0 Å². The molecule has 1 fully saturated rings. The van der Waals surface area contributed by atoms with Crippen LogP contribution in [0.25, 0.3) is 11.5 Å². The zero-order valence-corrected chi connectivity index (χ0v) is 9.97. The average Bonchev–Trinajstić information content (AvgIpc) is 2.95. The van der Waals surface area contributed by atoms with Crippen molar-refractivity contribution in [3.8, 4) is 11.5 Å². The molecule has 0 saturated heterocycles. The summed E-state index contributed by atoms with van der Waals surface area (Å²) in [5.74, 6) is 1.25. The van der Waals surface area contributed by atoms with E-state index in [1.807, 2.05) is 14.0 Å². The van der Waals surface area contributed by atoms with Gasteiger partial charge in [-0.05, 0) is 19.8 Å². The Morgan fingerprint density at radius 3 is 3.00 bits per heavy atom. The Bertz CT molecular complexity index is 526. The molecule has 0 unspecified atom stereocenters. The van der Waals surface area contributed by atoms with Crippen LogP contribution in [0.3, 0.4) is 0 Å². The Hall–Kier alpha value is -1.69. The summed E-state index contributed by atoms with van der Waals surface area (Å²) in [7, 11) is 1.89. The first kappa shape index (κ1) is 10.5. The lowest BCUT2D eigenvalue weighted by Gasteiger charge is -1.95. The van der Waals surface area contributed by atoms with Crippen molar-refractivity contribution in [2.75, 3.05) is 0 Å². The zero-order chi connectivity index (χ0) is 11.8. The maximum Gasteiger partial charge on any atom is 0.261 e. The van der Waals surface area contributed by atoms with E-state index < -0.39 is 0 Å². The molecular weight excluding hydrogens is 218 g/mol. The number of aromatic nitrogens is 4. The highest BCUT2D eigenvalue weighted by Crippen LogP contribution is 2.21. The fraction of sp³-hybridized carbons (Fsp3) is 0.545. The van der Waals surface area contributed by atoms with Gasteiger partial charge in [0.2, 0.25) is 0 Å². The van der Waals surface area contributed by atoms with Crippen molar-refractivity contribution in [3.05, 3.63) is 17.7 Å². The quantitative estimate of drug-likeness (QED) is 0.854. The normalized spacial score (nSPS) is 15.4. The number of rotatable bonds is 4. The van der Waals surface area contributed by atoms with E-state index in [4.69, 9.17) is 4.52 Å². The van der Waals surface area contributed by atoms with Gasteiger partial charge < -0.3 is 9.84 Å². The molecule has 2 aromatic rings. The third-order valence-corrected chi connectivity index (χ3v) is 3.06. The maximum atomic E-state index is 5.24. The van der Waals surface area contributed by atoms with Crippen LogP contribution < -0.4 is 5.32 Å². The predicted molar refractivity (Wildman–Crippen MR) is 61.1 cm³/mol. The number of hydrogen-bond acceptors (Lipinski definition) is 5. The summed E-state index contributed by atoms with van der Waals surface area (Å²) < 4.78 is 7.04. The summed E-state index contributed by atoms with van der Waals surface area (Å²) in [6.45, 7) is 2.65. The molecule has 17 heavy (non-hydrogen) atoms. The molecule has 1 aliphatic rings. The zero-order valence-electron chi connectivity index (χ0n) is 9.97. The average molecular weight is 233 g/mol. The van der Waals surface area contributed by atoms with E-state index in [1.54, 1.807) is 10.9 Å². The Morgan fingerprint density at radius 1 is 1.53 bits per heavy atom. The van der Waals surface area contributed by atoms with Crippen LogP contribution in [0.15, 0.2) is 10.7 Å². The first-order valence-electron chi connectivity index (χ1n) is 5.79. The van der Waals surface area contributed by atoms with Gasteiger partial charge in [-0.3, -0.25) is 4.68 Å². The van der Waals surface area contributed by atoms with E-state index in [2.05, 4.69) is 20.6 Å². The van der Waals surface area contributed by atoms with Gasteiger partial charge in [0, 0.05) is 18.8 Å². The molecule has 6 nitrogen and oxygen atoms in total. The summed E-state index contributed by atoms with van der Waals surface area (Å²) in [6.07, 6.45) is 4.26. The van der Waals surface area contributed by atoms with Gasteiger partial charge in [0.1, 0.15) is 0 Å². The number of nitrogens with zero attached hydrogens (tertiary/aromatic N) is 4. The molecule has 0 spiro atoms. The minimum atomic E-state index is 0.545. The molecule has 1 aliphatic carbocycles. The van der Waals surface area contributed by atoms with E-state index in [0.717, 1.165) is 11.3 Å². The molecule has 90 valence electrons. The van der Waals surface area contributed by atoms with E-state index in [1.165, 1.54) is 12.8 Å². The van der Waals surface area contributed by atoms with Crippen LogP contribution in [-0.2, 0) is 13.6 Å². The van der Waals surface area contributed by atoms with Gasteiger partial charge in [-0.1, -0.05) is 5.16 Å². The minimum Gasteiger partial charge on any atom is -0.334 e. The molecule has 0 radical (unpaired) electrons. The van der Waals surface area contributed by atoms with Gasteiger partial charge in [-0.25, -0.2) is 0 Å². The highest BCUT2D eigenvalue weighted by molar-refractivity contribution is 5.54. The SMILES string of the molecule is Cc1c(-c2nc(CNC3CC3)no2)cnn1C. The van der Waals surface area contributed by atoms with Crippen molar-refractivity contribution in [2.45, 2.75) is 32.4 Å². The smallest absolute Gasteiger partial charge is 0.261 e. The molecule has 0 atom stereocenters. The van der Waals surface area contributed by atoms with E-state index in [-0.39, 0.29) is 0 Å². The van der Waals surface area contributed by atoms with Gasteiger partial charge in [0.15, 0.2) is 5.82 Å². The summed E-state index contributed by atoms with van der Waals surface area (Å²) in [5.41, 5.74) is 1.92. The van der Waals surface area contributed by atoms with Crippen molar-refractivity contribution in [1.29, 1.82) is 0 Å². The Kier molecular flexibility index (Phi) is 2.44. The van der Waals surface area contributed by atoms with Crippen LogP contribution >= 0.6 is 0 Å². The second-order valence-electron chi connectivity index (χ2n) is 4.44. The molecule has 6 heteroatoms. The highest BCUT2D eigenvalue weighted by Gasteiger charge is 2.21. The van der Waals surface area contributed by atoms with Gasteiger partial charge in [-0.2, -0.15) is 10.1 Å². The number of hydrogen-bond donors (Lipinski definition) is 1. The molecule has 0 bridgehead atoms. The van der Waals surface area contributed by atoms with Crippen molar-refractivity contribution in [2.24, 2.45) is 7.05 Å². The second-order valence-corrected chi connectivity index (χ2v) is 4.44. The Balaban J connectivity index is 1.76. The van der Waals surface area contributed by atoms with Crippen molar-refractivity contribution in [1.82, 2.24) is 25.2 Å². The molecule has 3 rings (SSSR count). The Morgan fingerprint density at radius 2 is 2.35 bits per heavy atom. The minimum absolute atomic E-state index is 0.545. The van der Waals surface area contributed by atoms with E-state index >= 15 is 0 Å². The molecule has 2 heterocycles. The summed E-state index contributed by atoms with van der Waals surface area (Å²) in [4.78, 5) is 4.36. The summed E-state index contributed by atoms with van der Waals surface area (Å²) >= 11 is 0. The second kappa shape index (κ2) is 3.96. The van der Waals surface area contributed by atoms with Crippen LogP contribution in [-0.4, -0.2) is 26.0 Å². The third-order valence-electron chi connectivity index (χ3n) is 3.06. The first-order valence-corrected chi connectivity index (χ1v) is 5.79. The van der Waals surface area contributed by atoms with Crippen LogP contribution in [0.1, 0.15) is 24.4 Å². The van der Waals surface area contributed by atoms with E-state index in [0.29, 0.717) is 24.3 Å². The fourth-order valence-electron chi connectivity index (χ4n) is 1.67. The molecule has 1 N–H and O–H groups in total. The van der Waals surface area contributed by atoms with Gasteiger partial charge in [0.25, 0.3) is 5.89 Å². The number of nitrogens with one attached hydrogen (secondary N) is 1. The van der Waals surface area contributed by atoms with Crippen molar-refractivity contribution >= 4 is 0 Å². The van der Waals surface area contributed by atoms with Crippen molar-refractivity contribution < 1.29 is 4.52 Å². The number of aryl methyl sites for hydroxylation is 1. The molecule has 0 aliphatic heterocycles. The van der Waals surface area contributed by atoms with Gasteiger partial charge >= 0.3 is 0 Å². The fourth-order valence-corrected chi connectivity index (χ4v) is 1.67. The monoisotopic (exact) mass is 233 g/mol. The first-order chi connectivity index (χ1) is 8.24. The van der Waals surface area contributed by atoms with Crippen LogP contribution in [0.2, 0.25) is 0 Å². The molecule has 1 saturated carbocycles. The van der Waals surface area contributed by atoms with E-state index in [9.17, 15) is 0 Å².